The third-order valence-corrected chi connectivity index (χ3v) is 7.29. The second-order valence-electron chi connectivity index (χ2n) is 8.59. The second kappa shape index (κ2) is 10.3. The van der Waals surface area contributed by atoms with Crippen molar-refractivity contribution in [1.82, 2.24) is 0 Å². The lowest BCUT2D eigenvalue weighted by Gasteiger charge is -2.29. The van der Waals surface area contributed by atoms with E-state index in [1.165, 1.54) is 0 Å². The summed E-state index contributed by atoms with van der Waals surface area (Å²) in [6.45, 7) is 6.31. The van der Waals surface area contributed by atoms with Gasteiger partial charge in [0.05, 0.1) is 11.7 Å². The lowest BCUT2D eigenvalue weighted by atomic mass is 9.95. The number of para-hydroxylation sites is 2. The zero-order chi connectivity index (χ0) is 23.4. The predicted octanol–water partition coefficient (Wildman–Crippen LogP) is 6.72. The summed E-state index contributed by atoms with van der Waals surface area (Å²) in [5.74, 6) is 0.553. The summed E-state index contributed by atoms with van der Waals surface area (Å²) in [4.78, 5) is 28.2. The first-order valence-electron chi connectivity index (χ1n) is 11.5. The average Bonchev–Trinajstić information content (AvgIpc) is 3.21. The molecule has 2 unspecified atom stereocenters. The number of carbonyl (C=O) groups is 2. The standard InChI is InChI=1S/C28H30N2O2S/c1-4-21(20-12-6-5-7-13-20)27(32)29-24-16-10-8-15-23(24)28-30(26(31)18-33-28)25-17-11-9-14-22(25)19(2)3/h5-17,19,21,28H,4,18H2,1-3H3,(H,29,32). The predicted molar refractivity (Wildman–Crippen MR) is 138 cm³/mol. The number of amides is 2. The van der Waals surface area contributed by atoms with E-state index in [9.17, 15) is 9.59 Å². The SMILES string of the molecule is CCC(C(=O)Nc1ccccc1C1SCC(=O)N1c1ccccc1C(C)C)c1ccccc1. The monoisotopic (exact) mass is 458 g/mol. The summed E-state index contributed by atoms with van der Waals surface area (Å²) in [6.07, 6.45) is 0.711. The van der Waals surface area contributed by atoms with Gasteiger partial charge in [0.2, 0.25) is 11.8 Å². The summed E-state index contributed by atoms with van der Waals surface area (Å²) >= 11 is 1.60. The topological polar surface area (TPSA) is 49.4 Å². The first kappa shape index (κ1) is 23.1. The number of thioether (sulfide) groups is 1. The van der Waals surface area contributed by atoms with Gasteiger partial charge < -0.3 is 5.32 Å². The number of benzene rings is 3. The number of rotatable bonds is 7. The molecule has 0 spiro atoms. The van der Waals surface area contributed by atoms with Crippen LogP contribution in [0.3, 0.4) is 0 Å². The molecular weight excluding hydrogens is 428 g/mol. The molecule has 1 heterocycles. The summed E-state index contributed by atoms with van der Waals surface area (Å²) in [6, 6.07) is 25.8. The fourth-order valence-corrected chi connectivity index (χ4v) is 5.62. The first-order chi connectivity index (χ1) is 16.0. The Bertz CT molecular complexity index is 1130. The maximum absolute atomic E-state index is 13.3. The lowest BCUT2D eigenvalue weighted by Crippen LogP contribution is -2.30. The van der Waals surface area contributed by atoms with Gasteiger partial charge in [-0.05, 0) is 35.6 Å². The molecule has 0 bridgehead atoms. The quantitative estimate of drug-likeness (QED) is 0.427. The molecule has 170 valence electrons. The van der Waals surface area contributed by atoms with Gasteiger partial charge in [0, 0.05) is 16.9 Å². The summed E-state index contributed by atoms with van der Waals surface area (Å²) in [5.41, 5.74) is 4.81. The molecule has 0 saturated carbocycles. The van der Waals surface area contributed by atoms with Crippen molar-refractivity contribution in [1.29, 1.82) is 0 Å². The highest BCUT2D eigenvalue weighted by Gasteiger charge is 2.37. The van der Waals surface area contributed by atoms with E-state index in [-0.39, 0.29) is 23.1 Å². The Morgan fingerprint density at radius 2 is 1.67 bits per heavy atom. The molecule has 1 aliphatic rings. The van der Waals surface area contributed by atoms with E-state index in [0.717, 1.165) is 28.1 Å². The van der Waals surface area contributed by atoms with E-state index in [1.54, 1.807) is 11.8 Å². The van der Waals surface area contributed by atoms with Crippen molar-refractivity contribution in [3.8, 4) is 0 Å². The fourth-order valence-electron chi connectivity index (χ4n) is 4.41. The molecule has 1 aliphatic heterocycles. The highest BCUT2D eigenvalue weighted by atomic mass is 32.2. The Kier molecular flexibility index (Phi) is 7.19. The molecule has 0 radical (unpaired) electrons. The van der Waals surface area contributed by atoms with Crippen LogP contribution in [0, 0.1) is 0 Å². The fraction of sp³-hybridized carbons (Fsp3) is 0.286. The molecule has 0 aliphatic carbocycles. The minimum absolute atomic E-state index is 0.0281. The van der Waals surface area contributed by atoms with E-state index in [4.69, 9.17) is 0 Å². The van der Waals surface area contributed by atoms with Crippen LogP contribution in [0.4, 0.5) is 11.4 Å². The maximum Gasteiger partial charge on any atom is 0.238 e. The summed E-state index contributed by atoms with van der Waals surface area (Å²) in [5, 5.41) is 2.98. The molecule has 1 saturated heterocycles. The van der Waals surface area contributed by atoms with Crippen LogP contribution >= 0.6 is 11.8 Å². The smallest absolute Gasteiger partial charge is 0.238 e. The minimum Gasteiger partial charge on any atom is -0.325 e. The molecule has 1 fully saturated rings. The van der Waals surface area contributed by atoms with Crippen LogP contribution in [0.15, 0.2) is 78.9 Å². The molecule has 2 amide bonds. The van der Waals surface area contributed by atoms with Gasteiger partial charge in [-0.3, -0.25) is 14.5 Å². The first-order valence-corrected chi connectivity index (χ1v) is 12.5. The second-order valence-corrected chi connectivity index (χ2v) is 9.66. The van der Waals surface area contributed by atoms with Gasteiger partial charge in [0.1, 0.15) is 5.37 Å². The van der Waals surface area contributed by atoms with Crippen LogP contribution < -0.4 is 10.2 Å². The maximum atomic E-state index is 13.3. The number of nitrogens with one attached hydrogen (secondary N) is 1. The molecule has 3 aromatic rings. The van der Waals surface area contributed by atoms with Crippen molar-refractivity contribution in [3.05, 3.63) is 95.6 Å². The molecule has 4 rings (SSSR count). The lowest BCUT2D eigenvalue weighted by molar-refractivity contribution is -0.117. The highest BCUT2D eigenvalue weighted by molar-refractivity contribution is 8.00. The Balaban J connectivity index is 1.67. The Morgan fingerprint density at radius 3 is 2.39 bits per heavy atom. The molecule has 33 heavy (non-hydrogen) atoms. The number of hydrogen-bond donors (Lipinski definition) is 1. The van der Waals surface area contributed by atoms with Crippen molar-refractivity contribution >= 4 is 35.0 Å². The number of anilines is 2. The number of nitrogens with zero attached hydrogens (tertiary/aromatic N) is 1. The van der Waals surface area contributed by atoms with E-state index in [0.29, 0.717) is 18.1 Å². The van der Waals surface area contributed by atoms with Gasteiger partial charge in [-0.25, -0.2) is 0 Å². The number of hydrogen-bond acceptors (Lipinski definition) is 3. The highest BCUT2D eigenvalue weighted by Crippen LogP contribution is 2.46. The molecule has 5 heteroatoms. The van der Waals surface area contributed by atoms with Gasteiger partial charge >= 0.3 is 0 Å². The van der Waals surface area contributed by atoms with Gasteiger partial charge in [0.15, 0.2) is 0 Å². The molecule has 0 aromatic heterocycles. The van der Waals surface area contributed by atoms with Crippen molar-refractivity contribution in [2.45, 2.75) is 44.4 Å². The average molecular weight is 459 g/mol. The van der Waals surface area contributed by atoms with Crippen LogP contribution in [0.1, 0.15) is 61.1 Å². The Labute approximate surface area is 200 Å². The van der Waals surface area contributed by atoms with Crippen LogP contribution in [0.5, 0.6) is 0 Å². The van der Waals surface area contributed by atoms with Gasteiger partial charge in [-0.2, -0.15) is 0 Å². The van der Waals surface area contributed by atoms with Crippen molar-refractivity contribution in [2.24, 2.45) is 0 Å². The molecule has 2 atom stereocenters. The van der Waals surface area contributed by atoms with Crippen molar-refractivity contribution in [2.75, 3.05) is 16.0 Å². The van der Waals surface area contributed by atoms with Crippen LogP contribution in [0.25, 0.3) is 0 Å². The van der Waals surface area contributed by atoms with Crippen LogP contribution in [0.2, 0.25) is 0 Å². The third-order valence-electron chi connectivity index (χ3n) is 6.10. The molecule has 1 N–H and O–H groups in total. The number of carbonyl (C=O) groups excluding carboxylic acids is 2. The Morgan fingerprint density at radius 1 is 1.00 bits per heavy atom. The van der Waals surface area contributed by atoms with E-state index in [1.807, 2.05) is 84.6 Å². The normalized spacial score (nSPS) is 16.8. The van der Waals surface area contributed by atoms with Gasteiger partial charge in [-0.1, -0.05) is 87.5 Å². The Hall–Kier alpha value is -3.05. The zero-order valence-corrected chi connectivity index (χ0v) is 20.1. The molecule has 4 nitrogen and oxygen atoms in total. The molecular formula is C28H30N2O2S. The van der Waals surface area contributed by atoms with Crippen molar-refractivity contribution < 1.29 is 9.59 Å². The zero-order valence-electron chi connectivity index (χ0n) is 19.3. The summed E-state index contributed by atoms with van der Waals surface area (Å²) < 4.78 is 0. The van der Waals surface area contributed by atoms with Crippen LogP contribution in [-0.2, 0) is 9.59 Å². The minimum atomic E-state index is -0.227. The van der Waals surface area contributed by atoms with Gasteiger partial charge in [0.25, 0.3) is 0 Å². The van der Waals surface area contributed by atoms with E-state index in [2.05, 4.69) is 25.2 Å². The molecule has 3 aromatic carbocycles. The third kappa shape index (κ3) is 4.83. The van der Waals surface area contributed by atoms with E-state index >= 15 is 0 Å². The largest absolute Gasteiger partial charge is 0.325 e. The van der Waals surface area contributed by atoms with E-state index < -0.39 is 0 Å². The van der Waals surface area contributed by atoms with Crippen molar-refractivity contribution in [3.63, 3.8) is 0 Å². The van der Waals surface area contributed by atoms with Gasteiger partial charge in [-0.15, -0.1) is 11.8 Å². The van der Waals surface area contributed by atoms with Crippen LogP contribution in [-0.4, -0.2) is 17.6 Å². The summed E-state index contributed by atoms with van der Waals surface area (Å²) in [7, 11) is 0.